The van der Waals surface area contributed by atoms with E-state index in [4.69, 9.17) is 21.1 Å². The van der Waals surface area contributed by atoms with E-state index < -0.39 is 17.7 Å². The number of rotatable bonds is 5. The molecule has 1 N–H and O–H groups in total. The van der Waals surface area contributed by atoms with Crippen LogP contribution in [0.1, 0.15) is 22.7 Å². The molecule has 1 fully saturated rings. The van der Waals surface area contributed by atoms with Gasteiger partial charge in [0.1, 0.15) is 5.76 Å². The SMILES string of the molecule is COc1ccc(/C(O)=C2\C(=O)C(=O)N(c3nc4cc(Cl)c(C)cc4s3)C2c2cccnc2)cc1OC. The van der Waals surface area contributed by atoms with Crippen LogP contribution in [-0.2, 0) is 9.59 Å². The van der Waals surface area contributed by atoms with Crippen LogP contribution in [0.4, 0.5) is 5.13 Å². The summed E-state index contributed by atoms with van der Waals surface area (Å²) in [5.74, 6) is -1.14. The second-order valence-corrected chi connectivity index (χ2v) is 9.51. The van der Waals surface area contributed by atoms with E-state index in [0.717, 1.165) is 10.3 Å². The number of aromatic nitrogens is 2. The molecule has 2 aromatic carbocycles. The van der Waals surface area contributed by atoms with Crippen molar-refractivity contribution in [2.45, 2.75) is 13.0 Å². The van der Waals surface area contributed by atoms with Crippen molar-refractivity contribution in [2.75, 3.05) is 19.1 Å². The second kappa shape index (κ2) is 9.25. The van der Waals surface area contributed by atoms with Gasteiger partial charge in [0.05, 0.1) is 36.1 Å². The highest BCUT2D eigenvalue weighted by molar-refractivity contribution is 7.22. The molecule has 1 aliphatic heterocycles. The Bertz CT molecular complexity index is 1510. The van der Waals surface area contributed by atoms with Crippen molar-refractivity contribution in [3.05, 3.63) is 82.1 Å². The predicted octanol–water partition coefficient (Wildman–Crippen LogP) is 5.30. The second-order valence-electron chi connectivity index (χ2n) is 8.09. The third-order valence-corrected chi connectivity index (χ3v) is 7.39. The minimum atomic E-state index is -0.941. The van der Waals surface area contributed by atoms with Crippen molar-refractivity contribution in [2.24, 2.45) is 0 Å². The number of fused-ring (bicyclic) bond motifs is 1. The van der Waals surface area contributed by atoms with E-state index in [1.165, 1.54) is 30.5 Å². The number of anilines is 1. The van der Waals surface area contributed by atoms with Crippen molar-refractivity contribution >= 4 is 55.7 Å². The Morgan fingerprint density at radius 2 is 1.89 bits per heavy atom. The molecule has 2 aromatic heterocycles. The number of benzene rings is 2. The fourth-order valence-electron chi connectivity index (χ4n) is 4.16. The molecule has 0 aliphatic carbocycles. The summed E-state index contributed by atoms with van der Waals surface area (Å²) in [5, 5.41) is 12.2. The molecule has 1 aliphatic rings. The number of thiazole rings is 1. The maximum atomic E-state index is 13.4. The Morgan fingerprint density at radius 3 is 2.58 bits per heavy atom. The highest BCUT2D eigenvalue weighted by Gasteiger charge is 2.48. The minimum absolute atomic E-state index is 0.0753. The van der Waals surface area contributed by atoms with Gasteiger partial charge in [0, 0.05) is 23.0 Å². The monoisotopic (exact) mass is 521 g/mol. The lowest BCUT2D eigenvalue weighted by Gasteiger charge is -2.22. The molecular formula is C26H20ClN3O5S. The summed E-state index contributed by atoms with van der Waals surface area (Å²) in [7, 11) is 2.97. The maximum Gasteiger partial charge on any atom is 0.301 e. The van der Waals surface area contributed by atoms with Crippen LogP contribution in [0.15, 0.2) is 60.4 Å². The van der Waals surface area contributed by atoms with Gasteiger partial charge in [0.2, 0.25) is 0 Å². The molecular weight excluding hydrogens is 502 g/mol. The molecule has 36 heavy (non-hydrogen) atoms. The largest absolute Gasteiger partial charge is 0.507 e. The number of hydrogen-bond acceptors (Lipinski definition) is 8. The molecule has 0 radical (unpaired) electrons. The highest BCUT2D eigenvalue weighted by atomic mass is 35.5. The molecule has 0 bridgehead atoms. The van der Waals surface area contributed by atoms with Crippen LogP contribution in [0.2, 0.25) is 5.02 Å². The number of nitrogens with zero attached hydrogens (tertiary/aromatic N) is 3. The van der Waals surface area contributed by atoms with Crippen LogP contribution >= 0.6 is 22.9 Å². The highest BCUT2D eigenvalue weighted by Crippen LogP contribution is 2.45. The standard InChI is InChI=1S/C26H20ClN3O5S/c1-13-9-20-17(11-16(13)27)29-26(36-20)30-22(15-5-4-8-28-12-15)21(24(32)25(30)33)23(31)14-6-7-18(34-2)19(10-14)35-3/h4-12,22,31H,1-3H3/b23-21+. The molecule has 1 unspecified atom stereocenters. The average molecular weight is 522 g/mol. The summed E-state index contributed by atoms with van der Waals surface area (Å²) in [5.41, 5.74) is 2.25. The first kappa shape index (κ1) is 23.8. The van der Waals surface area contributed by atoms with Gasteiger partial charge < -0.3 is 14.6 Å². The summed E-state index contributed by atoms with van der Waals surface area (Å²) >= 11 is 7.54. The number of carbonyl (C=O) groups excluding carboxylic acids is 2. The van der Waals surface area contributed by atoms with Crippen LogP contribution in [0, 0.1) is 6.92 Å². The predicted molar refractivity (Wildman–Crippen MR) is 138 cm³/mol. The summed E-state index contributed by atoms with van der Waals surface area (Å²) in [6.07, 6.45) is 3.15. The quantitative estimate of drug-likeness (QED) is 0.216. The van der Waals surface area contributed by atoms with E-state index in [-0.39, 0.29) is 11.3 Å². The number of aryl methyl sites for hydroxylation is 1. The molecule has 1 saturated heterocycles. The van der Waals surface area contributed by atoms with Crippen molar-refractivity contribution in [1.29, 1.82) is 0 Å². The molecule has 1 atom stereocenters. The van der Waals surface area contributed by atoms with Gasteiger partial charge >= 0.3 is 5.91 Å². The summed E-state index contributed by atoms with van der Waals surface area (Å²) < 4.78 is 11.4. The normalized spacial score (nSPS) is 17.1. The molecule has 3 heterocycles. The molecule has 5 rings (SSSR count). The van der Waals surface area contributed by atoms with Crippen molar-refractivity contribution in [3.8, 4) is 11.5 Å². The summed E-state index contributed by atoms with van der Waals surface area (Å²) in [6, 6.07) is 10.9. The average Bonchev–Trinajstić information content (AvgIpc) is 3.41. The van der Waals surface area contributed by atoms with Gasteiger partial charge in [-0.05, 0) is 54.4 Å². The molecule has 0 spiro atoms. The van der Waals surface area contributed by atoms with Gasteiger partial charge in [-0.15, -0.1) is 0 Å². The Labute approximate surface area is 215 Å². The number of aliphatic hydroxyl groups is 1. The van der Waals surface area contributed by atoms with Crippen molar-refractivity contribution in [1.82, 2.24) is 9.97 Å². The van der Waals surface area contributed by atoms with Crippen LogP contribution in [-0.4, -0.2) is 41.0 Å². The number of carbonyl (C=O) groups is 2. The zero-order valence-corrected chi connectivity index (χ0v) is 21.1. The molecule has 4 aromatic rings. The topological polar surface area (TPSA) is 102 Å². The summed E-state index contributed by atoms with van der Waals surface area (Å²) in [4.78, 5) is 36.8. The van der Waals surface area contributed by atoms with Gasteiger partial charge in [-0.3, -0.25) is 19.5 Å². The minimum Gasteiger partial charge on any atom is -0.507 e. The lowest BCUT2D eigenvalue weighted by molar-refractivity contribution is -0.132. The number of Topliss-reactive ketones (excluding diaryl/α,β-unsaturated/α-hetero) is 1. The van der Waals surface area contributed by atoms with Crippen molar-refractivity contribution < 1.29 is 24.2 Å². The van der Waals surface area contributed by atoms with E-state index >= 15 is 0 Å². The van der Waals surface area contributed by atoms with Crippen LogP contribution < -0.4 is 14.4 Å². The van der Waals surface area contributed by atoms with Crippen LogP contribution in [0.25, 0.3) is 16.0 Å². The number of pyridine rings is 1. The Hall–Kier alpha value is -3.95. The van der Waals surface area contributed by atoms with Crippen molar-refractivity contribution in [3.63, 3.8) is 0 Å². The smallest absolute Gasteiger partial charge is 0.301 e. The van der Waals surface area contributed by atoms with Gasteiger partial charge in [-0.25, -0.2) is 4.98 Å². The zero-order chi connectivity index (χ0) is 25.6. The van der Waals surface area contributed by atoms with Crippen LogP contribution in [0.3, 0.4) is 0 Å². The number of aliphatic hydroxyl groups excluding tert-OH is 1. The first-order valence-electron chi connectivity index (χ1n) is 10.8. The molecule has 1 amide bonds. The Morgan fingerprint density at radius 1 is 1.11 bits per heavy atom. The first-order valence-corrected chi connectivity index (χ1v) is 12.0. The third-order valence-electron chi connectivity index (χ3n) is 5.97. The van der Waals surface area contributed by atoms with Crippen LogP contribution in [0.5, 0.6) is 11.5 Å². The van der Waals surface area contributed by atoms with E-state index in [2.05, 4.69) is 9.97 Å². The molecule has 8 nitrogen and oxygen atoms in total. The van der Waals surface area contributed by atoms with Gasteiger partial charge in [0.25, 0.3) is 5.78 Å². The Kier molecular flexibility index (Phi) is 6.11. The van der Waals surface area contributed by atoms with E-state index in [1.54, 1.807) is 48.8 Å². The van der Waals surface area contributed by atoms with Gasteiger partial charge in [0.15, 0.2) is 16.6 Å². The molecule has 182 valence electrons. The molecule has 10 heteroatoms. The number of methoxy groups -OCH3 is 2. The summed E-state index contributed by atoms with van der Waals surface area (Å²) in [6.45, 7) is 1.88. The van der Waals surface area contributed by atoms with Gasteiger partial charge in [-0.2, -0.15) is 0 Å². The Balaban J connectivity index is 1.71. The number of amides is 1. The lowest BCUT2D eigenvalue weighted by Crippen LogP contribution is -2.29. The lowest BCUT2D eigenvalue weighted by atomic mass is 9.96. The number of hydrogen-bond donors (Lipinski definition) is 1. The zero-order valence-electron chi connectivity index (χ0n) is 19.5. The third kappa shape index (κ3) is 3.86. The first-order chi connectivity index (χ1) is 17.3. The number of ether oxygens (including phenoxy) is 2. The van der Waals surface area contributed by atoms with E-state index in [9.17, 15) is 14.7 Å². The van der Waals surface area contributed by atoms with Gasteiger partial charge in [-0.1, -0.05) is 29.0 Å². The fraction of sp³-hybridized carbons (Fsp3) is 0.154. The fourth-order valence-corrected chi connectivity index (χ4v) is 5.39. The maximum absolute atomic E-state index is 13.4. The number of ketones is 1. The number of halogens is 1. The van der Waals surface area contributed by atoms with E-state index in [1.807, 2.05) is 13.0 Å². The van der Waals surface area contributed by atoms with E-state index in [0.29, 0.717) is 38.3 Å². The molecule has 0 saturated carbocycles.